The summed E-state index contributed by atoms with van der Waals surface area (Å²) in [4.78, 5) is 11.7. The van der Waals surface area contributed by atoms with E-state index >= 15 is 0 Å². The Balaban J connectivity index is 2.21. The number of fused-ring (bicyclic) bond motifs is 1. The molecule has 2 aliphatic rings. The highest BCUT2D eigenvalue weighted by molar-refractivity contribution is 14.1. The first-order chi connectivity index (χ1) is 6.77. The van der Waals surface area contributed by atoms with E-state index in [0.29, 0.717) is 5.78 Å². The number of hydrogen-bond donors (Lipinski definition) is 0. The lowest BCUT2D eigenvalue weighted by Crippen LogP contribution is -1.98. The number of carbonyl (C=O) groups excluding carboxylic acids is 1. The molecule has 0 aliphatic heterocycles. The van der Waals surface area contributed by atoms with E-state index in [-0.39, 0.29) is 0 Å². The second-order valence-electron chi connectivity index (χ2n) is 4.19. The molecule has 72 valence electrons. The highest BCUT2D eigenvalue weighted by atomic mass is 127. The third kappa shape index (κ3) is 1.23. The molecule has 0 saturated heterocycles. The Morgan fingerprint density at radius 1 is 1.21 bits per heavy atom. The first kappa shape index (κ1) is 8.89. The average molecular weight is 298 g/mol. The van der Waals surface area contributed by atoms with Crippen LogP contribution in [0.15, 0.2) is 12.1 Å². The van der Waals surface area contributed by atoms with E-state index < -0.39 is 0 Å². The van der Waals surface area contributed by atoms with Gasteiger partial charge in [-0.2, -0.15) is 0 Å². The molecular weight excluding hydrogens is 287 g/mol. The van der Waals surface area contributed by atoms with Crippen LogP contribution in [0, 0.1) is 3.57 Å². The summed E-state index contributed by atoms with van der Waals surface area (Å²) >= 11 is 2.28. The maximum absolute atomic E-state index is 11.7. The Bertz CT molecular complexity index is 419. The van der Waals surface area contributed by atoms with Gasteiger partial charge in [0.05, 0.1) is 0 Å². The van der Waals surface area contributed by atoms with E-state index in [1.54, 1.807) is 0 Å². The molecule has 0 aromatic heterocycles. The van der Waals surface area contributed by atoms with Gasteiger partial charge in [-0.25, -0.2) is 0 Å². The molecule has 14 heavy (non-hydrogen) atoms. The molecule has 2 heteroatoms. The quantitative estimate of drug-likeness (QED) is 0.727. The van der Waals surface area contributed by atoms with Gasteiger partial charge in [-0.15, -0.1) is 0 Å². The fraction of sp³-hybridized carbons (Fsp3) is 0.417. The predicted octanol–water partition coefficient (Wildman–Crippen LogP) is 3.30. The smallest absolute Gasteiger partial charge is 0.164 e. The first-order valence-electron chi connectivity index (χ1n) is 5.12. The Kier molecular flexibility index (Phi) is 1.94. The van der Waals surface area contributed by atoms with Crippen molar-refractivity contribution in [2.45, 2.75) is 31.6 Å². The average Bonchev–Trinajstić information content (AvgIpc) is 2.92. The van der Waals surface area contributed by atoms with E-state index in [1.165, 1.54) is 24.0 Å². The Hall–Kier alpha value is -0.380. The van der Waals surface area contributed by atoms with Crippen LogP contribution in [0.5, 0.6) is 0 Å². The Labute approximate surface area is 97.0 Å². The first-order valence-corrected chi connectivity index (χ1v) is 6.19. The van der Waals surface area contributed by atoms with Crippen LogP contribution >= 0.6 is 22.6 Å². The van der Waals surface area contributed by atoms with Gasteiger partial charge in [-0.05, 0) is 65.0 Å². The lowest BCUT2D eigenvalue weighted by molar-refractivity contribution is 0.0994. The van der Waals surface area contributed by atoms with Crippen molar-refractivity contribution >= 4 is 28.4 Å². The molecule has 0 spiro atoms. The summed E-state index contributed by atoms with van der Waals surface area (Å²) in [5.41, 5.74) is 3.87. The number of carbonyl (C=O) groups is 1. The number of hydrogen-bond acceptors (Lipinski definition) is 1. The van der Waals surface area contributed by atoms with Gasteiger partial charge in [0.25, 0.3) is 0 Å². The van der Waals surface area contributed by atoms with Crippen molar-refractivity contribution in [3.8, 4) is 0 Å². The van der Waals surface area contributed by atoms with Gasteiger partial charge < -0.3 is 0 Å². The molecule has 1 fully saturated rings. The summed E-state index contributed by atoms with van der Waals surface area (Å²) in [7, 11) is 0. The second kappa shape index (κ2) is 3.05. The van der Waals surface area contributed by atoms with E-state index in [1.807, 2.05) is 0 Å². The third-order valence-electron chi connectivity index (χ3n) is 3.20. The summed E-state index contributed by atoms with van der Waals surface area (Å²) in [5.74, 6) is 1.12. The second-order valence-corrected chi connectivity index (χ2v) is 5.35. The fourth-order valence-electron chi connectivity index (χ4n) is 2.35. The largest absolute Gasteiger partial charge is 0.294 e. The summed E-state index contributed by atoms with van der Waals surface area (Å²) in [5, 5.41) is 0. The lowest BCUT2D eigenvalue weighted by atomic mass is 10.00. The molecule has 1 saturated carbocycles. The number of benzene rings is 1. The molecular formula is C12H11IO. The summed E-state index contributed by atoms with van der Waals surface area (Å²) in [6, 6.07) is 4.34. The number of rotatable bonds is 1. The SMILES string of the molecule is O=C1CCc2c(C3CC3)ccc(I)c21. The van der Waals surface area contributed by atoms with Crippen molar-refractivity contribution in [3.05, 3.63) is 32.4 Å². The van der Waals surface area contributed by atoms with Gasteiger partial charge in [0, 0.05) is 15.6 Å². The van der Waals surface area contributed by atoms with Gasteiger partial charge in [0.15, 0.2) is 5.78 Å². The zero-order valence-electron chi connectivity index (χ0n) is 7.85. The molecule has 0 N–H and O–H groups in total. The number of ketones is 1. The maximum atomic E-state index is 11.7. The molecule has 0 radical (unpaired) electrons. The normalized spacial score (nSPS) is 19.9. The lowest BCUT2D eigenvalue weighted by Gasteiger charge is -2.07. The molecule has 0 bridgehead atoms. The number of halogens is 1. The van der Waals surface area contributed by atoms with Crippen molar-refractivity contribution < 1.29 is 4.79 Å². The standard InChI is InChI=1S/C12H11IO/c13-10-5-3-8(7-1-2-7)9-4-6-11(14)12(9)10/h3,5,7H,1-2,4,6H2. The molecule has 0 atom stereocenters. The molecule has 1 nitrogen and oxygen atoms in total. The fourth-order valence-corrected chi connectivity index (χ4v) is 3.15. The highest BCUT2D eigenvalue weighted by Crippen LogP contribution is 2.44. The van der Waals surface area contributed by atoms with Crippen molar-refractivity contribution in [3.63, 3.8) is 0 Å². The van der Waals surface area contributed by atoms with Crippen LogP contribution in [-0.2, 0) is 6.42 Å². The van der Waals surface area contributed by atoms with E-state index in [0.717, 1.165) is 27.9 Å². The molecule has 0 heterocycles. The van der Waals surface area contributed by atoms with Crippen LogP contribution in [0.2, 0.25) is 0 Å². The van der Waals surface area contributed by atoms with Crippen LogP contribution in [0.25, 0.3) is 0 Å². The topological polar surface area (TPSA) is 17.1 Å². The number of Topliss-reactive ketones (excluding diaryl/α,β-unsaturated/α-hetero) is 1. The van der Waals surface area contributed by atoms with Crippen LogP contribution in [0.3, 0.4) is 0 Å². The van der Waals surface area contributed by atoms with Gasteiger partial charge in [-0.3, -0.25) is 4.79 Å². The van der Waals surface area contributed by atoms with Crippen LogP contribution in [-0.4, -0.2) is 5.78 Å². The monoisotopic (exact) mass is 298 g/mol. The summed E-state index contributed by atoms with van der Waals surface area (Å²) < 4.78 is 1.14. The molecule has 2 aliphatic carbocycles. The van der Waals surface area contributed by atoms with E-state index in [9.17, 15) is 4.79 Å². The zero-order chi connectivity index (χ0) is 9.71. The van der Waals surface area contributed by atoms with Crippen LogP contribution < -0.4 is 0 Å². The Morgan fingerprint density at radius 2 is 2.00 bits per heavy atom. The summed E-state index contributed by atoms with van der Waals surface area (Å²) in [6.45, 7) is 0. The van der Waals surface area contributed by atoms with Gasteiger partial charge >= 0.3 is 0 Å². The highest BCUT2D eigenvalue weighted by Gasteiger charge is 2.31. The predicted molar refractivity (Wildman–Crippen MR) is 63.8 cm³/mol. The molecule has 3 rings (SSSR count). The van der Waals surface area contributed by atoms with Crippen LogP contribution in [0.4, 0.5) is 0 Å². The molecule has 0 amide bonds. The van der Waals surface area contributed by atoms with E-state index in [2.05, 4.69) is 34.7 Å². The third-order valence-corrected chi connectivity index (χ3v) is 4.10. The Morgan fingerprint density at radius 3 is 2.71 bits per heavy atom. The van der Waals surface area contributed by atoms with Crippen molar-refractivity contribution in [1.29, 1.82) is 0 Å². The van der Waals surface area contributed by atoms with Gasteiger partial charge in [0.1, 0.15) is 0 Å². The van der Waals surface area contributed by atoms with Crippen LogP contribution in [0.1, 0.15) is 46.7 Å². The maximum Gasteiger partial charge on any atom is 0.164 e. The minimum Gasteiger partial charge on any atom is -0.294 e. The summed E-state index contributed by atoms with van der Waals surface area (Å²) in [6.07, 6.45) is 4.36. The van der Waals surface area contributed by atoms with Crippen molar-refractivity contribution in [1.82, 2.24) is 0 Å². The molecule has 0 unspecified atom stereocenters. The van der Waals surface area contributed by atoms with E-state index in [4.69, 9.17) is 0 Å². The minimum atomic E-state index is 0.354. The zero-order valence-corrected chi connectivity index (χ0v) is 10.0. The molecule has 1 aromatic rings. The van der Waals surface area contributed by atoms with Crippen molar-refractivity contribution in [2.75, 3.05) is 0 Å². The van der Waals surface area contributed by atoms with Crippen molar-refractivity contribution in [2.24, 2.45) is 0 Å². The minimum absolute atomic E-state index is 0.354. The molecule has 1 aromatic carbocycles. The van der Waals surface area contributed by atoms with Gasteiger partial charge in [-0.1, -0.05) is 6.07 Å². The van der Waals surface area contributed by atoms with Gasteiger partial charge in [0.2, 0.25) is 0 Å².